The normalized spacial score (nSPS) is 11.7. The van der Waals surface area contributed by atoms with Crippen molar-refractivity contribution in [1.29, 1.82) is 0 Å². The monoisotopic (exact) mass is 370 g/mol. The molecule has 0 unspecified atom stereocenters. The molecule has 6 nitrogen and oxygen atoms in total. The van der Waals surface area contributed by atoms with Gasteiger partial charge in [0.15, 0.2) is 5.82 Å². The van der Waals surface area contributed by atoms with Crippen LogP contribution in [0, 0.1) is 6.92 Å². The highest BCUT2D eigenvalue weighted by molar-refractivity contribution is 7.94. The number of benzene rings is 1. The SMILES string of the molecule is Cc1cc(NS(=O)(=O)c2cccs2)n(-c2ccc3ccccc3n2)n1. The minimum Gasteiger partial charge on any atom is -0.263 e. The summed E-state index contributed by atoms with van der Waals surface area (Å²) in [6.45, 7) is 1.81. The Bertz CT molecular complexity index is 1150. The molecule has 0 spiro atoms. The molecule has 0 bridgehead atoms. The summed E-state index contributed by atoms with van der Waals surface area (Å²) in [5.41, 5.74) is 1.51. The number of fused-ring (bicyclic) bond motifs is 1. The molecule has 0 saturated carbocycles. The molecule has 0 fully saturated rings. The van der Waals surface area contributed by atoms with Gasteiger partial charge in [-0.1, -0.05) is 24.3 Å². The van der Waals surface area contributed by atoms with E-state index in [4.69, 9.17) is 0 Å². The second-order valence-corrected chi connectivity index (χ2v) is 8.34. The molecule has 0 saturated heterocycles. The summed E-state index contributed by atoms with van der Waals surface area (Å²) in [5, 5.41) is 7.12. The van der Waals surface area contributed by atoms with E-state index >= 15 is 0 Å². The zero-order valence-corrected chi connectivity index (χ0v) is 14.9. The lowest BCUT2D eigenvalue weighted by Gasteiger charge is -2.09. The van der Waals surface area contributed by atoms with Crippen molar-refractivity contribution in [1.82, 2.24) is 14.8 Å². The van der Waals surface area contributed by atoms with E-state index in [1.165, 1.54) is 4.68 Å². The van der Waals surface area contributed by atoms with Gasteiger partial charge >= 0.3 is 0 Å². The van der Waals surface area contributed by atoms with Crippen molar-refractivity contribution in [2.75, 3.05) is 4.72 Å². The highest BCUT2D eigenvalue weighted by Crippen LogP contribution is 2.23. The van der Waals surface area contributed by atoms with Gasteiger partial charge in [0.05, 0.1) is 11.2 Å². The lowest BCUT2D eigenvalue weighted by atomic mass is 10.2. The van der Waals surface area contributed by atoms with Gasteiger partial charge in [0.25, 0.3) is 10.0 Å². The Morgan fingerprint density at radius 3 is 2.72 bits per heavy atom. The Morgan fingerprint density at radius 1 is 1.08 bits per heavy atom. The van der Waals surface area contributed by atoms with Crippen LogP contribution in [-0.2, 0) is 10.0 Å². The Labute approximate surface area is 148 Å². The number of nitrogens with zero attached hydrogens (tertiary/aromatic N) is 3. The number of aryl methyl sites for hydroxylation is 1. The second kappa shape index (κ2) is 5.98. The fourth-order valence-corrected chi connectivity index (χ4v) is 4.55. The molecule has 1 N–H and O–H groups in total. The van der Waals surface area contributed by atoms with E-state index in [0.717, 1.165) is 22.2 Å². The highest BCUT2D eigenvalue weighted by Gasteiger charge is 2.19. The fourth-order valence-electron chi connectivity index (χ4n) is 2.52. The molecule has 0 radical (unpaired) electrons. The third-order valence-electron chi connectivity index (χ3n) is 3.63. The number of para-hydroxylation sites is 1. The molecule has 8 heteroatoms. The molecule has 3 aromatic heterocycles. The van der Waals surface area contributed by atoms with Gasteiger partial charge in [0, 0.05) is 11.5 Å². The average molecular weight is 370 g/mol. The predicted molar refractivity (Wildman–Crippen MR) is 98.7 cm³/mol. The van der Waals surface area contributed by atoms with Gasteiger partial charge in [-0.3, -0.25) is 4.72 Å². The van der Waals surface area contributed by atoms with Crippen molar-refractivity contribution in [3.63, 3.8) is 0 Å². The van der Waals surface area contributed by atoms with Crippen molar-refractivity contribution in [3.8, 4) is 5.82 Å². The van der Waals surface area contributed by atoms with Gasteiger partial charge in [-0.2, -0.15) is 9.78 Å². The molecular weight excluding hydrogens is 356 g/mol. The Kier molecular flexibility index (Phi) is 3.78. The summed E-state index contributed by atoms with van der Waals surface area (Å²) in [7, 11) is -3.65. The number of hydrogen-bond donors (Lipinski definition) is 1. The lowest BCUT2D eigenvalue weighted by molar-refractivity contribution is 0.602. The smallest absolute Gasteiger partial charge is 0.263 e. The second-order valence-electron chi connectivity index (χ2n) is 5.48. The molecule has 0 aliphatic rings. The van der Waals surface area contributed by atoms with Crippen LogP contribution in [0.1, 0.15) is 5.69 Å². The highest BCUT2D eigenvalue weighted by atomic mass is 32.2. The predicted octanol–water partition coefficient (Wildman–Crippen LogP) is 3.59. The Balaban J connectivity index is 1.78. The van der Waals surface area contributed by atoms with Gasteiger partial charge in [0.2, 0.25) is 0 Å². The summed E-state index contributed by atoms with van der Waals surface area (Å²) in [6.07, 6.45) is 0. The maximum Gasteiger partial charge on any atom is 0.272 e. The van der Waals surface area contributed by atoms with E-state index in [9.17, 15) is 8.42 Å². The van der Waals surface area contributed by atoms with Crippen LogP contribution in [0.25, 0.3) is 16.7 Å². The van der Waals surface area contributed by atoms with Crippen LogP contribution in [0.15, 0.2) is 64.2 Å². The number of rotatable bonds is 4. The number of aromatic nitrogens is 3. The zero-order chi connectivity index (χ0) is 17.4. The zero-order valence-electron chi connectivity index (χ0n) is 13.2. The van der Waals surface area contributed by atoms with E-state index < -0.39 is 10.0 Å². The van der Waals surface area contributed by atoms with E-state index in [1.54, 1.807) is 30.5 Å². The largest absolute Gasteiger partial charge is 0.272 e. The van der Waals surface area contributed by atoms with Crippen LogP contribution in [0.3, 0.4) is 0 Å². The van der Waals surface area contributed by atoms with Gasteiger partial charge in [-0.25, -0.2) is 13.4 Å². The first-order valence-corrected chi connectivity index (χ1v) is 9.88. The first-order valence-electron chi connectivity index (χ1n) is 7.52. The molecule has 1 aromatic carbocycles. The number of thiophene rings is 1. The molecule has 126 valence electrons. The Morgan fingerprint density at radius 2 is 1.92 bits per heavy atom. The molecule has 0 aliphatic heterocycles. The van der Waals surface area contributed by atoms with Crippen LogP contribution < -0.4 is 4.72 Å². The Hall–Kier alpha value is -2.71. The van der Waals surface area contributed by atoms with E-state index in [1.807, 2.05) is 36.4 Å². The van der Waals surface area contributed by atoms with Crippen LogP contribution in [0.5, 0.6) is 0 Å². The standard InChI is InChI=1S/C17H14N4O2S2/c1-12-11-16(20-25(22,23)17-7-4-10-24-17)21(19-12)15-9-8-13-5-2-3-6-14(13)18-15/h2-11,20H,1H3. The fraction of sp³-hybridized carbons (Fsp3) is 0.0588. The van der Waals surface area contributed by atoms with Crippen LogP contribution in [-0.4, -0.2) is 23.2 Å². The molecule has 4 aromatic rings. The molecule has 0 aliphatic carbocycles. The van der Waals surface area contributed by atoms with E-state index in [2.05, 4.69) is 14.8 Å². The summed E-state index contributed by atoms with van der Waals surface area (Å²) in [5.74, 6) is 0.907. The van der Waals surface area contributed by atoms with Crippen molar-refractivity contribution >= 4 is 38.1 Å². The molecule has 0 atom stereocenters. The summed E-state index contributed by atoms with van der Waals surface area (Å²) < 4.78 is 29.4. The summed E-state index contributed by atoms with van der Waals surface area (Å²) >= 11 is 1.16. The molecule has 3 heterocycles. The molecule has 25 heavy (non-hydrogen) atoms. The van der Waals surface area contributed by atoms with Crippen molar-refractivity contribution < 1.29 is 8.42 Å². The molecule has 4 rings (SSSR count). The maximum absolute atomic E-state index is 12.5. The average Bonchev–Trinajstić information content (AvgIpc) is 3.24. The topological polar surface area (TPSA) is 76.9 Å². The van der Waals surface area contributed by atoms with Crippen LogP contribution >= 0.6 is 11.3 Å². The summed E-state index contributed by atoms with van der Waals surface area (Å²) in [6, 6.07) is 16.4. The molecular formula is C17H14N4O2S2. The van der Waals surface area contributed by atoms with Crippen molar-refractivity contribution in [3.05, 3.63) is 65.7 Å². The van der Waals surface area contributed by atoms with Gasteiger partial charge < -0.3 is 0 Å². The van der Waals surface area contributed by atoms with Gasteiger partial charge in [0.1, 0.15) is 10.0 Å². The van der Waals surface area contributed by atoms with E-state index in [0.29, 0.717) is 17.3 Å². The number of hydrogen-bond acceptors (Lipinski definition) is 5. The van der Waals surface area contributed by atoms with Crippen molar-refractivity contribution in [2.45, 2.75) is 11.1 Å². The minimum absolute atomic E-state index is 0.254. The third-order valence-corrected chi connectivity index (χ3v) is 6.38. The first kappa shape index (κ1) is 15.8. The van der Waals surface area contributed by atoms with Crippen molar-refractivity contribution in [2.24, 2.45) is 0 Å². The van der Waals surface area contributed by atoms with E-state index in [-0.39, 0.29) is 4.21 Å². The lowest BCUT2D eigenvalue weighted by Crippen LogP contribution is -2.15. The van der Waals surface area contributed by atoms with Gasteiger partial charge in [-0.15, -0.1) is 11.3 Å². The number of sulfonamides is 1. The maximum atomic E-state index is 12.5. The first-order chi connectivity index (χ1) is 12.0. The number of nitrogens with one attached hydrogen (secondary N) is 1. The van der Waals surface area contributed by atoms with Crippen LogP contribution in [0.2, 0.25) is 0 Å². The number of anilines is 1. The molecule has 0 amide bonds. The summed E-state index contributed by atoms with van der Waals surface area (Å²) in [4.78, 5) is 4.58. The quantitative estimate of drug-likeness (QED) is 0.595. The number of pyridine rings is 1. The van der Waals surface area contributed by atoms with Crippen LogP contribution in [0.4, 0.5) is 5.82 Å². The third kappa shape index (κ3) is 3.01. The van der Waals surface area contributed by atoms with Gasteiger partial charge in [-0.05, 0) is 36.6 Å². The minimum atomic E-state index is -3.65.